The molecule has 1 atom stereocenters. The fourth-order valence-electron chi connectivity index (χ4n) is 3.14. The maximum Gasteiger partial charge on any atom is 0.587 e. The number of hydrogen-bond donors (Lipinski definition) is 0. The zero-order valence-corrected chi connectivity index (χ0v) is 15.3. The summed E-state index contributed by atoms with van der Waals surface area (Å²) < 4.78 is 35.9. The minimum absolute atomic E-state index is 0.0571. The SMILES string of the molecule is O=P1(OCC2CO2)Oc2ccccc2-c2ccccc2-c2ccccc2O1. The summed E-state index contributed by atoms with van der Waals surface area (Å²) in [4.78, 5) is 0. The van der Waals surface area contributed by atoms with Crippen molar-refractivity contribution in [1.82, 2.24) is 0 Å². The van der Waals surface area contributed by atoms with Gasteiger partial charge in [-0.05, 0) is 23.3 Å². The number of para-hydroxylation sites is 2. The predicted octanol–water partition coefficient (Wildman–Crippen LogP) is 5.32. The number of phosphoric ester groups is 1. The molecular formula is C21H17O5P. The van der Waals surface area contributed by atoms with E-state index in [9.17, 15) is 4.57 Å². The number of hydrogen-bond acceptors (Lipinski definition) is 5. The highest BCUT2D eigenvalue weighted by atomic mass is 31.2. The Hall–Kier alpha value is -2.59. The van der Waals surface area contributed by atoms with Gasteiger partial charge in [-0.2, -0.15) is 0 Å². The van der Waals surface area contributed by atoms with Crippen molar-refractivity contribution in [2.75, 3.05) is 13.2 Å². The van der Waals surface area contributed by atoms with Crippen LogP contribution >= 0.6 is 7.82 Å². The molecule has 2 aliphatic rings. The third-order valence-electron chi connectivity index (χ3n) is 4.52. The first-order valence-electron chi connectivity index (χ1n) is 8.75. The molecule has 0 bridgehead atoms. The van der Waals surface area contributed by atoms with Crippen molar-refractivity contribution in [1.29, 1.82) is 0 Å². The van der Waals surface area contributed by atoms with Crippen LogP contribution < -0.4 is 9.05 Å². The van der Waals surface area contributed by atoms with E-state index >= 15 is 0 Å². The van der Waals surface area contributed by atoms with Crippen LogP contribution in [0.1, 0.15) is 0 Å². The van der Waals surface area contributed by atoms with Crippen molar-refractivity contribution in [3.63, 3.8) is 0 Å². The molecule has 5 rings (SSSR count). The third-order valence-corrected chi connectivity index (χ3v) is 5.83. The third kappa shape index (κ3) is 3.26. The molecule has 0 aliphatic carbocycles. The largest absolute Gasteiger partial charge is 0.587 e. The van der Waals surface area contributed by atoms with Gasteiger partial charge in [-0.15, -0.1) is 0 Å². The van der Waals surface area contributed by atoms with Gasteiger partial charge in [0.15, 0.2) is 0 Å². The smallest absolute Gasteiger partial charge is 0.394 e. The number of phosphoric acid groups is 1. The standard InChI is InChI=1S/C21H17O5P/c22-27(24-14-15-13-23-15)25-20-11-5-3-9-18(20)16-7-1-2-8-17(16)19-10-4-6-12-21(19)26-27/h1-12,15H,13-14H2. The lowest BCUT2D eigenvalue weighted by Crippen LogP contribution is -2.09. The minimum atomic E-state index is -3.90. The van der Waals surface area contributed by atoms with Crippen LogP contribution in [0.25, 0.3) is 22.3 Å². The molecule has 5 nitrogen and oxygen atoms in total. The normalized spacial score (nSPS) is 19.0. The Labute approximate surface area is 157 Å². The summed E-state index contributed by atoms with van der Waals surface area (Å²) in [6.07, 6.45) is -0.0571. The lowest BCUT2D eigenvalue weighted by atomic mass is 9.93. The summed E-state index contributed by atoms with van der Waals surface area (Å²) in [5.41, 5.74) is 3.62. The highest BCUT2D eigenvalue weighted by Gasteiger charge is 2.37. The summed E-state index contributed by atoms with van der Waals surface area (Å²) in [7, 11) is -3.90. The number of benzene rings is 3. The van der Waals surface area contributed by atoms with Gasteiger partial charge in [0.1, 0.15) is 17.6 Å². The monoisotopic (exact) mass is 380 g/mol. The molecule has 0 amide bonds. The van der Waals surface area contributed by atoms with E-state index in [1.807, 2.05) is 60.7 Å². The van der Waals surface area contributed by atoms with Crippen molar-refractivity contribution in [3.05, 3.63) is 72.8 Å². The Morgan fingerprint density at radius 1 is 0.778 bits per heavy atom. The van der Waals surface area contributed by atoms with Crippen LogP contribution in [-0.2, 0) is 13.8 Å². The van der Waals surface area contributed by atoms with Crippen molar-refractivity contribution in [2.24, 2.45) is 0 Å². The molecule has 0 spiro atoms. The van der Waals surface area contributed by atoms with Gasteiger partial charge in [-0.1, -0.05) is 60.7 Å². The summed E-state index contributed by atoms with van der Waals surface area (Å²) in [6.45, 7) is 0.757. The van der Waals surface area contributed by atoms with E-state index in [1.165, 1.54) is 0 Å². The number of rotatable bonds is 3. The van der Waals surface area contributed by atoms with Crippen LogP contribution in [0.3, 0.4) is 0 Å². The Bertz CT molecular complexity index is 972. The molecule has 1 saturated heterocycles. The summed E-state index contributed by atoms with van der Waals surface area (Å²) >= 11 is 0. The van der Waals surface area contributed by atoms with Gasteiger partial charge in [-0.25, -0.2) is 4.57 Å². The van der Waals surface area contributed by atoms with Crippen molar-refractivity contribution >= 4 is 7.82 Å². The van der Waals surface area contributed by atoms with Gasteiger partial charge < -0.3 is 13.8 Å². The highest BCUT2D eigenvalue weighted by molar-refractivity contribution is 7.49. The summed E-state index contributed by atoms with van der Waals surface area (Å²) in [6, 6.07) is 22.9. The summed E-state index contributed by atoms with van der Waals surface area (Å²) in [5, 5.41) is 0. The van der Waals surface area contributed by atoms with E-state index in [4.69, 9.17) is 18.3 Å². The Morgan fingerprint density at radius 2 is 1.22 bits per heavy atom. The quantitative estimate of drug-likeness (QED) is 0.455. The molecule has 6 heteroatoms. The molecule has 2 aliphatic heterocycles. The number of ether oxygens (including phenoxy) is 1. The molecule has 0 radical (unpaired) electrons. The molecule has 2 heterocycles. The Morgan fingerprint density at radius 3 is 1.70 bits per heavy atom. The second kappa shape index (κ2) is 6.54. The first kappa shape index (κ1) is 16.6. The molecule has 1 fully saturated rings. The predicted molar refractivity (Wildman–Crippen MR) is 102 cm³/mol. The Kier molecular flexibility index (Phi) is 4.01. The average molecular weight is 380 g/mol. The van der Waals surface area contributed by atoms with Gasteiger partial charge >= 0.3 is 7.82 Å². The lowest BCUT2D eigenvalue weighted by Gasteiger charge is -2.19. The molecule has 0 N–H and O–H groups in total. The lowest BCUT2D eigenvalue weighted by molar-refractivity contribution is 0.191. The number of epoxide rings is 1. The topological polar surface area (TPSA) is 57.3 Å². The molecule has 0 aromatic heterocycles. The van der Waals surface area contributed by atoms with E-state index in [0.717, 1.165) is 22.3 Å². The molecule has 0 saturated carbocycles. The fourth-order valence-corrected chi connectivity index (χ4v) is 4.43. The Balaban J connectivity index is 1.71. The van der Waals surface area contributed by atoms with Crippen LogP contribution in [0.2, 0.25) is 0 Å². The van der Waals surface area contributed by atoms with Gasteiger partial charge in [0.2, 0.25) is 0 Å². The zero-order chi connectivity index (χ0) is 18.3. The van der Waals surface area contributed by atoms with Crippen LogP contribution in [0.5, 0.6) is 11.5 Å². The van der Waals surface area contributed by atoms with Gasteiger partial charge in [0, 0.05) is 11.1 Å². The summed E-state index contributed by atoms with van der Waals surface area (Å²) in [5.74, 6) is 0.913. The molecular weight excluding hydrogens is 363 g/mol. The molecule has 3 aromatic carbocycles. The van der Waals surface area contributed by atoms with E-state index in [0.29, 0.717) is 18.1 Å². The van der Waals surface area contributed by atoms with E-state index in [2.05, 4.69) is 0 Å². The van der Waals surface area contributed by atoms with Crippen LogP contribution in [0, 0.1) is 0 Å². The minimum Gasteiger partial charge on any atom is -0.394 e. The fraction of sp³-hybridized carbons (Fsp3) is 0.143. The second-order valence-corrected chi connectivity index (χ2v) is 7.94. The molecule has 3 aromatic rings. The molecule has 27 heavy (non-hydrogen) atoms. The van der Waals surface area contributed by atoms with Crippen molar-refractivity contribution < 1.29 is 22.9 Å². The van der Waals surface area contributed by atoms with Crippen LogP contribution in [-0.4, -0.2) is 19.3 Å². The van der Waals surface area contributed by atoms with Gasteiger partial charge in [-0.3, -0.25) is 4.52 Å². The average Bonchev–Trinajstić information content (AvgIpc) is 3.51. The van der Waals surface area contributed by atoms with E-state index < -0.39 is 7.82 Å². The maximum atomic E-state index is 13.4. The zero-order valence-electron chi connectivity index (χ0n) is 14.4. The first-order valence-corrected chi connectivity index (χ1v) is 10.2. The first-order chi connectivity index (χ1) is 13.2. The van der Waals surface area contributed by atoms with Crippen LogP contribution in [0.15, 0.2) is 72.8 Å². The van der Waals surface area contributed by atoms with Crippen molar-refractivity contribution in [2.45, 2.75) is 6.10 Å². The van der Waals surface area contributed by atoms with Crippen LogP contribution in [0.4, 0.5) is 0 Å². The molecule has 136 valence electrons. The molecule has 1 unspecified atom stereocenters. The van der Waals surface area contributed by atoms with E-state index in [1.54, 1.807) is 12.1 Å². The second-order valence-electron chi connectivity index (χ2n) is 6.42. The van der Waals surface area contributed by atoms with Gasteiger partial charge in [0.05, 0.1) is 13.2 Å². The maximum absolute atomic E-state index is 13.4. The van der Waals surface area contributed by atoms with Crippen molar-refractivity contribution in [3.8, 4) is 33.8 Å². The van der Waals surface area contributed by atoms with E-state index in [-0.39, 0.29) is 12.7 Å². The highest BCUT2D eigenvalue weighted by Crippen LogP contribution is 2.55. The number of fused-ring (bicyclic) bond motifs is 5. The van der Waals surface area contributed by atoms with Gasteiger partial charge in [0.25, 0.3) is 0 Å².